The SMILES string of the molecule is O=C1c2ccc(OCc3ccccc3)cc2CCC1CCN1CCC[C@H]1C(=O)OCc1ccccc1. The largest absolute Gasteiger partial charge is 0.489 e. The lowest BCUT2D eigenvalue weighted by Crippen LogP contribution is -2.39. The summed E-state index contributed by atoms with van der Waals surface area (Å²) in [6.45, 7) is 2.44. The zero-order chi connectivity index (χ0) is 24.7. The van der Waals surface area contributed by atoms with Crippen molar-refractivity contribution in [1.82, 2.24) is 4.90 Å². The Bertz CT molecular complexity index is 1180. The summed E-state index contributed by atoms with van der Waals surface area (Å²) in [5.41, 5.74) is 4.01. The lowest BCUT2D eigenvalue weighted by atomic mass is 9.81. The number of hydrogen-bond donors (Lipinski definition) is 0. The average Bonchev–Trinajstić information content (AvgIpc) is 3.40. The number of ether oxygens (including phenoxy) is 2. The smallest absolute Gasteiger partial charge is 0.323 e. The number of carbonyl (C=O) groups is 2. The van der Waals surface area contributed by atoms with E-state index in [0.29, 0.717) is 13.2 Å². The molecule has 1 fully saturated rings. The summed E-state index contributed by atoms with van der Waals surface area (Å²) < 4.78 is 11.6. The fraction of sp³-hybridized carbons (Fsp3) is 0.355. The maximum Gasteiger partial charge on any atom is 0.323 e. The molecule has 5 heteroatoms. The Balaban J connectivity index is 1.13. The van der Waals surface area contributed by atoms with Crippen LogP contribution in [-0.4, -0.2) is 35.8 Å². The van der Waals surface area contributed by atoms with Crippen LogP contribution in [0.2, 0.25) is 0 Å². The Kier molecular flexibility index (Phi) is 7.77. The van der Waals surface area contributed by atoms with E-state index in [1.165, 1.54) is 0 Å². The first-order valence-electron chi connectivity index (χ1n) is 13.0. The Morgan fingerprint density at radius 2 is 1.61 bits per heavy atom. The van der Waals surface area contributed by atoms with E-state index >= 15 is 0 Å². The molecular weight excluding hydrogens is 450 g/mol. The number of carbonyl (C=O) groups excluding carboxylic acids is 2. The van der Waals surface area contributed by atoms with Crippen molar-refractivity contribution >= 4 is 11.8 Å². The molecule has 1 heterocycles. The number of ketones is 1. The van der Waals surface area contributed by atoms with Crippen LogP contribution >= 0.6 is 0 Å². The predicted molar refractivity (Wildman–Crippen MR) is 139 cm³/mol. The van der Waals surface area contributed by atoms with Gasteiger partial charge in [0.2, 0.25) is 0 Å². The van der Waals surface area contributed by atoms with Gasteiger partial charge in [-0.15, -0.1) is 0 Å². The van der Waals surface area contributed by atoms with E-state index in [4.69, 9.17) is 9.47 Å². The van der Waals surface area contributed by atoms with Crippen molar-refractivity contribution in [3.63, 3.8) is 0 Å². The number of rotatable bonds is 9. The third kappa shape index (κ3) is 5.85. The zero-order valence-corrected chi connectivity index (χ0v) is 20.6. The summed E-state index contributed by atoms with van der Waals surface area (Å²) in [7, 11) is 0. The van der Waals surface area contributed by atoms with Crippen LogP contribution in [0.1, 0.15) is 52.7 Å². The van der Waals surface area contributed by atoms with Gasteiger partial charge < -0.3 is 9.47 Å². The van der Waals surface area contributed by atoms with E-state index in [1.54, 1.807) is 0 Å². The molecule has 0 bridgehead atoms. The van der Waals surface area contributed by atoms with E-state index < -0.39 is 0 Å². The van der Waals surface area contributed by atoms with Gasteiger partial charge in [0.15, 0.2) is 5.78 Å². The number of fused-ring (bicyclic) bond motifs is 1. The van der Waals surface area contributed by atoms with Crippen LogP contribution in [0.5, 0.6) is 5.75 Å². The van der Waals surface area contributed by atoms with Crippen LogP contribution in [0.4, 0.5) is 0 Å². The molecule has 1 aliphatic carbocycles. The highest BCUT2D eigenvalue weighted by molar-refractivity contribution is 6.00. The highest BCUT2D eigenvalue weighted by Crippen LogP contribution is 2.31. The number of likely N-dealkylation sites (tertiary alicyclic amines) is 1. The van der Waals surface area contributed by atoms with Crippen LogP contribution in [-0.2, 0) is 29.2 Å². The molecule has 3 aromatic rings. The maximum absolute atomic E-state index is 13.2. The molecule has 5 rings (SSSR count). The van der Waals surface area contributed by atoms with Crippen molar-refractivity contribution in [2.24, 2.45) is 5.92 Å². The topological polar surface area (TPSA) is 55.8 Å². The van der Waals surface area contributed by atoms with Gasteiger partial charge in [-0.3, -0.25) is 14.5 Å². The third-order valence-electron chi connectivity index (χ3n) is 7.35. The van der Waals surface area contributed by atoms with Crippen LogP contribution in [0.25, 0.3) is 0 Å². The molecule has 0 N–H and O–H groups in total. The summed E-state index contributed by atoms with van der Waals surface area (Å²) >= 11 is 0. The lowest BCUT2D eigenvalue weighted by Gasteiger charge is -2.28. The molecule has 0 amide bonds. The predicted octanol–water partition coefficient (Wildman–Crippen LogP) is 5.61. The standard InChI is InChI=1S/C31H33NO4/c33-30-25(13-14-26-20-27(15-16-28(26)30)35-21-23-8-3-1-4-9-23)17-19-32-18-7-12-29(32)31(34)36-22-24-10-5-2-6-11-24/h1-6,8-11,15-16,20,25,29H,7,12-14,17-19,21-22H2/t25?,29-/m0/s1. The number of benzene rings is 3. The quantitative estimate of drug-likeness (QED) is 0.371. The van der Waals surface area contributed by atoms with Crippen LogP contribution < -0.4 is 4.74 Å². The molecular formula is C31H33NO4. The highest BCUT2D eigenvalue weighted by atomic mass is 16.5. The summed E-state index contributed by atoms with van der Waals surface area (Å²) in [6.07, 6.45) is 4.29. The summed E-state index contributed by atoms with van der Waals surface area (Å²) in [6, 6.07) is 25.5. The number of esters is 1. The maximum atomic E-state index is 13.2. The minimum absolute atomic E-state index is 0.00447. The van der Waals surface area contributed by atoms with Gasteiger partial charge in [-0.25, -0.2) is 0 Å². The highest BCUT2D eigenvalue weighted by Gasteiger charge is 2.34. The molecule has 1 saturated heterocycles. The monoisotopic (exact) mass is 483 g/mol. The van der Waals surface area contributed by atoms with Gasteiger partial charge in [0, 0.05) is 11.5 Å². The fourth-order valence-electron chi connectivity index (χ4n) is 5.31. The van der Waals surface area contributed by atoms with Gasteiger partial charge in [-0.05, 0) is 80.1 Å². The second-order valence-corrected chi connectivity index (χ2v) is 9.77. The summed E-state index contributed by atoms with van der Waals surface area (Å²) in [4.78, 5) is 28.2. The third-order valence-corrected chi connectivity index (χ3v) is 7.35. The molecule has 2 atom stereocenters. The second kappa shape index (κ2) is 11.5. The van der Waals surface area contributed by atoms with Crippen molar-refractivity contribution in [3.05, 3.63) is 101 Å². The summed E-state index contributed by atoms with van der Waals surface area (Å²) in [5.74, 6) is 0.862. The fourth-order valence-corrected chi connectivity index (χ4v) is 5.31. The van der Waals surface area contributed by atoms with Crippen LogP contribution in [0.3, 0.4) is 0 Å². The molecule has 0 saturated carbocycles. The normalized spacial score (nSPS) is 19.6. The van der Waals surface area contributed by atoms with Gasteiger partial charge in [0.05, 0.1) is 0 Å². The number of Topliss-reactive ketones (excluding diaryl/α,β-unsaturated/α-hetero) is 1. The molecule has 0 radical (unpaired) electrons. The second-order valence-electron chi connectivity index (χ2n) is 9.77. The van der Waals surface area contributed by atoms with Crippen molar-refractivity contribution < 1.29 is 19.1 Å². The van der Waals surface area contributed by atoms with E-state index in [9.17, 15) is 9.59 Å². The first-order valence-corrected chi connectivity index (χ1v) is 13.0. The van der Waals surface area contributed by atoms with Gasteiger partial charge >= 0.3 is 5.97 Å². The van der Waals surface area contributed by atoms with E-state index in [0.717, 1.165) is 73.2 Å². The first-order chi connectivity index (χ1) is 17.7. The zero-order valence-electron chi connectivity index (χ0n) is 20.6. The van der Waals surface area contributed by atoms with Crippen molar-refractivity contribution in [2.45, 2.75) is 51.4 Å². The van der Waals surface area contributed by atoms with Gasteiger partial charge in [-0.2, -0.15) is 0 Å². The molecule has 0 spiro atoms. The number of nitrogens with zero attached hydrogens (tertiary/aromatic N) is 1. The Hall–Kier alpha value is -3.44. The minimum atomic E-state index is -0.205. The molecule has 5 nitrogen and oxygen atoms in total. The molecule has 3 aromatic carbocycles. The Labute approximate surface area is 213 Å². The van der Waals surface area contributed by atoms with Gasteiger partial charge in [-0.1, -0.05) is 60.7 Å². The molecule has 1 unspecified atom stereocenters. The molecule has 2 aliphatic rings. The van der Waals surface area contributed by atoms with Crippen LogP contribution in [0, 0.1) is 5.92 Å². The van der Waals surface area contributed by atoms with Crippen LogP contribution in [0.15, 0.2) is 78.9 Å². The molecule has 0 aromatic heterocycles. The molecule has 36 heavy (non-hydrogen) atoms. The van der Waals surface area contributed by atoms with E-state index in [2.05, 4.69) is 4.90 Å². The Morgan fingerprint density at radius 1 is 0.889 bits per heavy atom. The Morgan fingerprint density at radius 3 is 2.36 bits per heavy atom. The average molecular weight is 484 g/mol. The van der Waals surface area contributed by atoms with E-state index in [1.807, 2.05) is 78.9 Å². The van der Waals surface area contributed by atoms with E-state index in [-0.39, 0.29) is 23.7 Å². The van der Waals surface area contributed by atoms with Gasteiger partial charge in [0.1, 0.15) is 25.0 Å². The van der Waals surface area contributed by atoms with Crippen molar-refractivity contribution in [1.29, 1.82) is 0 Å². The number of hydrogen-bond acceptors (Lipinski definition) is 5. The van der Waals surface area contributed by atoms with Crippen molar-refractivity contribution in [2.75, 3.05) is 13.1 Å². The molecule has 186 valence electrons. The minimum Gasteiger partial charge on any atom is -0.489 e. The van der Waals surface area contributed by atoms with Gasteiger partial charge in [0.25, 0.3) is 0 Å². The summed E-state index contributed by atoms with van der Waals surface area (Å²) in [5, 5.41) is 0. The van der Waals surface area contributed by atoms with Crippen molar-refractivity contribution in [3.8, 4) is 5.75 Å². The molecule has 1 aliphatic heterocycles. The lowest BCUT2D eigenvalue weighted by molar-refractivity contribution is -0.150. The first kappa shape index (κ1) is 24.3. The number of aryl methyl sites for hydroxylation is 1.